The standard InChI is InChI=1S/C22H21FN2O4/c1-22(2,29-16-11-9-15(23)10-12-16)21(27)25-19-8-4-3-7-18(19)20(26)24-14-17-6-5-13-28-17/h3-13H,14H2,1-2H3,(H,24,26)(H,25,27). The molecule has 0 saturated carbocycles. The van der Waals surface area contributed by atoms with Gasteiger partial charge in [-0.1, -0.05) is 12.1 Å². The van der Waals surface area contributed by atoms with E-state index in [4.69, 9.17) is 9.15 Å². The zero-order valence-corrected chi connectivity index (χ0v) is 16.1. The first-order chi connectivity index (χ1) is 13.8. The highest BCUT2D eigenvalue weighted by molar-refractivity contribution is 6.05. The molecule has 2 N–H and O–H groups in total. The highest BCUT2D eigenvalue weighted by Crippen LogP contribution is 2.22. The number of anilines is 1. The highest BCUT2D eigenvalue weighted by atomic mass is 19.1. The van der Waals surface area contributed by atoms with E-state index >= 15 is 0 Å². The van der Waals surface area contributed by atoms with Gasteiger partial charge in [-0.05, 0) is 62.4 Å². The van der Waals surface area contributed by atoms with Gasteiger partial charge in [0.1, 0.15) is 17.3 Å². The molecule has 0 unspecified atom stereocenters. The third-order valence-electron chi connectivity index (χ3n) is 4.16. The first kappa shape index (κ1) is 20.1. The Bertz CT molecular complexity index is 982. The SMILES string of the molecule is CC(C)(Oc1ccc(F)cc1)C(=O)Nc1ccccc1C(=O)NCc1ccco1. The van der Waals surface area contributed by atoms with Crippen molar-refractivity contribution in [1.82, 2.24) is 5.32 Å². The predicted octanol–water partition coefficient (Wildman–Crippen LogP) is 4.14. The molecular weight excluding hydrogens is 375 g/mol. The normalized spacial score (nSPS) is 11.0. The summed E-state index contributed by atoms with van der Waals surface area (Å²) in [6, 6.07) is 15.5. The van der Waals surface area contributed by atoms with Gasteiger partial charge in [-0.15, -0.1) is 0 Å². The molecular formula is C22H21FN2O4. The van der Waals surface area contributed by atoms with Crippen molar-refractivity contribution >= 4 is 17.5 Å². The van der Waals surface area contributed by atoms with E-state index in [1.807, 2.05) is 0 Å². The quantitative estimate of drug-likeness (QED) is 0.629. The number of hydrogen-bond donors (Lipinski definition) is 2. The molecule has 0 aliphatic rings. The van der Waals surface area contributed by atoms with Gasteiger partial charge in [-0.3, -0.25) is 9.59 Å². The zero-order chi connectivity index (χ0) is 20.9. The van der Waals surface area contributed by atoms with Crippen LogP contribution in [0.25, 0.3) is 0 Å². The van der Waals surface area contributed by atoms with Gasteiger partial charge in [-0.2, -0.15) is 0 Å². The number of carbonyl (C=O) groups is 2. The summed E-state index contributed by atoms with van der Waals surface area (Å²) in [5, 5.41) is 5.48. The van der Waals surface area contributed by atoms with Crippen LogP contribution in [-0.2, 0) is 11.3 Å². The molecule has 0 spiro atoms. The highest BCUT2D eigenvalue weighted by Gasteiger charge is 2.31. The number of para-hydroxylation sites is 1. The summed E-state index contributed by atoms with van der Waals surface area (Å²) in [5.74, 6) is -0.221. The average molecular weight is 396 g/mol. The maximum absolute atomic E-state index is 13.1. The van der Waals surface area contributed by atoms with Gasteiger partial charge in [-0.25, -0.2) is 4.39 Å². The van der Waals surface area contributed by atoms with Crippen LogP contribution in [0.4, 0.5) is 10.1 Å². The van der Waals surface area contributed by atoms with Crippen LogP contribution < -0.4 is 15.4 Å². The minimum atomic E-state index is -1.25. The van der Waals surface area contributed by atoms with Crippen molar-refractivity contribution in [2.45, 2.75) is 26.0 Å². The van der Waals surface area contributed by atoms with Crippen molar-refractivity contribution in [2.75, 3.05) is 5.32 Å². The second-order valence-corrected chi connectivity index (χ2v) is 6.83. The summed E-state index contributed by atoms with van der Waals surface area (Å²) in [6.07, 6.45) is 1.53. The lowest BCUT2D eigenvalue weighted by Gasteiger charge is -2.25. The van der Waals surface area contributed by atoms with E-state index in [0.29, 0.717) is 22.8 Å². The van der Waals surface area contributed by atoms with Crippen LogP contribution in [0.15, 0.2) is 71.3 Å². The van der Waals surface area contributed by atoms with Gasteiger partial charge >= 0.3 is 0 Å². The average Bonchev–Trinajstić information content (AvgIpc) is 3.22. The van der Waals surface area contributed by atoms with Crippen LogP contribution in [0.3, 0.4) is 0 Å². The molecule has 0 radical (unpaired) electrons. The molecule has 0 saturated heterocycles. The van der Waals surface area contributed by atoms with Crippen LogP contribution >= 0.6 is 0 Å². The Labute approximate surface area is 167 Å². The third kappa shape index (κ3) is 5.22. The Balaban J connectivity index is 1.69. The summed E-state index contributed by atoms with van der Waals surface area (Å²) in [7, 11) is 0. The van der Waals surface area contributed by atoms with E-state index in [1.54, 1.807) is 50.2 Å². The van der Waals surface area contributed by atoms with Gasteiger partial charge in [0.25, 0.3) is 11.8 Å². The molecule has 6 nitrogen and oxygen atoms in total. The molecule has 150 valence electrons. The maximum Gasteiger partial charge on any atom is 0.267 e. The lowest BCUT2D eigenvalue weighted by molar-refractivity contribution is -0.128. The molecule has 0 bridgehead atoms. The van der Waals surface area contributed by atoms with E-state index in [0.717, 1.165) is 0 Å². The summed E-state index contributed by atoms with van der Waals surface area (Å²) < 4.78 is 24.0. The third-order valence-corrected chi connectivity index (χ3v) is 4.16. The number of nitrogens with one attached hydrogen (secondary N) is 2. The van der Waals surface area contributed by atoms with Crippen LogP contribution in [0, 0.1) is 5.82 Å². The minimum Gasteiger partial charge on any atom is -0.478 e. The molecule has 3 rings (SSSR count). The largest absolute Gasteiger partial charge is 0.478 e. The Hall–Kier alpha value is -3.61. The Morgan fingerprint density at radius 3 is 2.45 bits per heavy atom. The molecule has 0 aliphatic carbocycles. The first-order valence-electron chi connectivity index (χ1n) is 9.01. The van der Waals surface area contributed by atoms with Gasteiger partial charge in [0.2, 0.25) is 0 Å². The number of amides is 2. The molecule has 2 amide bonds. The number of furan rings is 1. The molecule has 29 heavy (non-hydrogen) atoms. The summed E-state index contributed by atoms with van der Waals surface area (Å²) in [5.41, 5.74) is -0.592. The van der Waals surface area contributed by atoms with Crippen molar-refractivity contribution in [3.8, 4) is 5.75 Å². The molecule has 0 aliphatic heterocycles. The molecule has 0 fully saturated rings. The number of ether oxygens (including phenoxy) is 1. The maximum atomic E-state index is 13.1. The number of halogens is 1. The zero-order valence-electron chi connectivity index (χ0n) is 16.1. The van der Waals surface area contributed by atoms with Gasteiger partial charge in [0, 0.05) is 0 Å². The fourth-order valence-corrected chi connectivity index (χ4v) is 2.58. The second-order valence-electron chi connectivity index (χ2n) is 6.83. The molecule has 1 heterocycles. The van der Waals surface area contributed by atoms with E-state index in [9.17, 15) is 14.0 Å². The second kappa shape index (κ2) is 8.60. The Kier molecular flexibility index (Phi) is 5.97. The smallest absolute Gasteiger partial charge is 0.267 e. The van der Waals surface area contributed by atoms with Gasteiger partial charge in [0.15, 0.2) is 5.60 Å². The monoisotopic (exact) mass is 396 g/mol. The Morgan fingerprint density at radius 1 is 1.03 bits per heavy atom. The fraction of sp³-hybridized carbons (Fsp3) is 0.182. The van der Waals surface area contributed by atoms with Crippen LogP contribution in [0.5, 0.6) is 5.75 Å². The van der Waals surface area contributed by atoms with Crippen LogP contribution in [-0.4, -0.2) is 17.4 Å². The molecule has 3 aromatic rings. The molecule has 0 atom stereocenters. The lowest BCUT2D eigenvalue weighted by Crippen LogP contribution is -2.43. The first-order valence-corrected chi connectivity index (χ1v) is 9.01. The van der Waals surface area contributed by atoms with Crippen molar-refractivity contribution < 1.29 is 23.1 Å². The number of hydrogen-bond acceptors (Lipinski definition) is 4. The summed E-state index contributed by atoms with van der Waals surface area (Å²) in [4.78, 5) is 25.3. The van der Waals surface area contributed by atoms with E-state index < -0.39 is 17.3 Å². The van der Waals surface area contributed by atoms with Crippen molar-refractivity contribution in [2.24, 2.45) is 0 Å². The van der Waals surface area contributed by atoms with Crippen molar-refractivity contribution in [1.29, 1.82) is 0 Å². The van der Waals surface area contributed by atoms with E-state index in [1.165, 1.54) is 30.5 Å². The van der Waals surface area contributed by atoms with Gasteiger partial charge in [0.05, 0.1) is 24.1 Å². The predicted molar refractivity (Wildman–Crippen MR) is 106 cm³/mol. The Morgan fingerprint density at radius 2 is 1.76 bits per heavy atom. The molecule has 2 aromatic carbocycles. The molecule has 1 aromatic heterocycles. The van der Waals surface area contributed by atoms with Crippen molar-refractivity contribution in [3.63, 3.8) is 0 Å². The minimum absolute atomic E-state index is 0.229. The number of benzene rings is 2. The number of rotatable bonds is 7. The molecule has 7 heteroatoms. The topological polar surface area (TPSA) is 80.6 Å². The summed E-state index contributed by atoms with van der Waals surface area (Å²) in [6.45, 7) is 3.41. The number of carbonyl (C=O) groups excluding carboxylic acids is 2. The summed E-state index contributed by atoms with van der Waals surface area (Å²) >= 11 is 0. The fourth-order valence-electron chi connectivity index (χ4n) is 2.58. The van der Waals surface area contributed by atoms with E-state index in [2.05, 4.69) is 10.6 Å². The lowest BCUT2D eigenvalue weighted by atomic mass is 10.1. The van der Waals surface area contributed by atoms with E-state index in [-0.39, 0.29) is 12.5 Å². The van der Waals surface area contributed by atoms with Crippen LogP contribution in [0.1, 0.15) is 30.0 Å². The van der Waals surface area contributed by atoms with Crippen LogP contribution in [0.2, 0.25) is 0 Å². The van der Waals surface area contributed by atoms with Gasteiger partial charge < -0.3 is 19.8 Å². The van der Waals surface area contributed by atoms with Crippen molar-refractivity contribution in [3.05, 3.63) is 84.1 Å².